The first-order chi connectivity index (χ1) is 8.45. The van der Waals surface area contributed by atoms with Gasteiger partial charge >= 0.3 is 0 Å². The Hall–Kier alpha value is -0.120. The number of aliphatic hydroxyl groups is 1. The molecule has 2 unspecified atom stereocenters. The van der Waals surface area contributed by atoms with Crippen molar-refractivity contribution >= 4 is 0 Å². The Morgan fingerprint density at radius 2 is 2.17 bits per heavy atom. The van der Waals surface area contributed by atoms with Gasteiger partial charge in [0.25, 0.3) is 0 Å². The minimum atomic E-state index is -0.109. The maximum Gasteiger partial charge on any atom is 0.0667 e. The predicted octanol–water partition coefficient (Wildman–Crippen LogP) is 2.25. The average Bonchev–Trinajstić information content (AvgIpc) is 2.27. The molecule has 0 saturated carbocycles. The summed E-state index contributed by atoms with van der Waals surface area (Å²) in [4.78, 5) is 2.45. The number of hydrogen-bond acceptors (Lipinski definition) is 3. The van der Waals surface area contributed by atoms with Crippen LogP contribution < -0.4 is 5.32 Å². The highest BCUT2D eigenvalue weighted by atomic mass is 16.3. The maximum atomic E-state index is 9.77. The molecule has 0 bridgehead atoms. The van der Waals surface area contributed by atoms with Gasteiger partial charge in [0.05, 0.1) is 6.10 Å². The summed E-state index contributed by atoms with van der Waals surface area (Å²) < 4.78 is 0. The van der Waals surface area contributed by atoms with Crippen LogP contribution in [-0.2, 0) is 0 Å². The molecule has 1 aliphatic heterocycles. The second-order valence-electron chi connectivity index (χ2n) is 6.63. The fraction of sp³-hybridized carbons (Fsp3) is 1.00. The first kappa shape index (κ1) is 15.9. The van der Waals surface area contributed by atoms with E-state index in [0.717, 1.165) is 39.0 Å². The molecule has 1 saturated heterocycles. The van der Waals surface area contributed by atoms with Gasteiger partial charge in [-0.25, -0.2) is 0 Å². The van der Waals surface area contributed by atoms with Crippen LogP contribution in [0.25, 0.3) is 0 Å². The zero-order valence-electron chi connectivity index (χ0n) is 12.7. The summed E-state index contributed by atoms with van der Waals surface area (Å²) in [6.07, 6.45) is 4.49. The van der Waals surface area contributed by atoms with Crippen LogP contribution in [0.1, 0.15) is 53.4 Å². The van der Waals surface area contributed by atoms with E-state index in [1.165, 1.54) is 12.8 Å². The first-order valence-corrected chi connectivity index (χ1v) is 7.59. The van der Waals surface area contributed by atoms with Gasteiger partial charge in [-0.05, 0) is 31.2 Å². The van der Waals surface area contributed by atoms with Crippen LogP contribution in [-0.4, -0.2) is 48.3 Å². The van der Waals surface area contributed by atoms with Gasteiger partial charge in [-0.1, -0.05) is 34.1 Å². The van der Waals surface area contributed by atoms with Gasteiger partial charge in [-0.2, -0.15) is 0 Å². The third kappa shape index (κ3) is 5.68. The van der Waals surface area contributed by atoms with Crippen LogP contribution in [0.3, 0.4) is 0 Å². The van der Waals surface area contributed by atoms with E-state index in [9.17, 15) is 5.11 Å². The Balaban J connectivity index is 2.49. The van der Waals surface area contributed by atoms with Crippen molar-refractivity contribution < 1.29 is 5.11 Å². The van der Waals surface area contributed by atoms with E-state index in [-0.39, 0.29) is 6.10 Å². The van der Waals surface area contributed by atoms with Gasteiger partial charge < -0.3 is 15.3 Å². The Bertz CT molecular complexity index is 233. The lowest BCUT2D eigenvalue weighted by molar-refractivity contribution is 0.0439. The SMILES string of the molecule is CCCC(C)(CNC(C)C)CN1CCCC(O)C1. The fourth-order valence-corrected chi connectivity index (χ4v) is 2.99. The quantitative estimate of drug-likeness (QED) is 0.733. The lowest BCUT2D eigenvalue weighted by Crippen LogP contribution is -2.47. The summed E-state index contributed by atoms with van der Waals surface area (Å²) in [5.41, 5.74) is 0.329. The number of nitrogens with zero attached hydrogens (tertiary/aromatic N) is 1. The molecule has 108 valence electrons. The summed E-state index contributed by atoms with van der Waals surface area (Å²) in [5.74, 6) is 0. The van der Waals surface area contributed by atoms with Crippen molar-refractivity contribution in [2.24, 2.45) is 5.41 Å². The number of aliphatic hydroxyl groups excluding tert-OH is 1. The zero-order chi connectivity index (χ0) is 13.6. The molecule has 18 heavy (non-hydrogen) atoms. The molecule has 0 radical (unpaired) electrons. The monoisotopic (exact) mass is 256 g/mol. The highest BCUT2D eigenvalue weighted by Crippen LogP contribution is 2.25. The molecule has 0 aromatic heterocycles. The average molecular weight is 256 g/mol. The van der Waals surface area contributed by atoms with Crippen LogP contribution in [0.2, 0.25) is 0 Å². The first-order valence-electron chi connectivity index (χ1n) is 7.59. The minimum Gasteiger partial charge on any atom is -0.392 e. The predicted molar refractivity (Wildman–Crippen MR) is 77.8 cm³/mol. The topological polar surface area (TPSA) is 35.5 Å². The molecule has 0 aromatic carbocycles. The number of piperidine rings is 1. The maximum absolute atomic E-state index is 9.77. The van der Waals surface area contributed by atoms with Crippen molar-refractivity contribution in [3.63, 3.8) is 0 Å². The molecule has 0 amide bonds. The molecular weight excluding hydrogens is 224 g/mol. The van der Waals surface area contributed by atoms with E-state index in [0.29, 0.717) is 11.5 Å². The van der Waals surface area contributed by atoms with E-state index in [4.69, 9.17) is 0 Å². The van der Waals surface area contributed by atoms with Crippen LogP contribution in [0.5, 0.6) is 0 Å². The van der Waals surface area contributed by atoms with Crippen molar-refractivity contribution in [1.82, 2.24) is 10.2 Å². The Kier molecular flexibility index (Phi) is 6.61. The van der Waals surface area contributed by atoms with Crippen LogP contribution in [0, 0.1) is 5.41 Å². The van der Waals surface area contributed by atoms with Gasteiger partial charge in [0.2, 0.25) is 0 Å². The van der Waals surface area contributed by atoms with Crippen molar-refractivity contribution in [1.29, 1.82) is 0 Å². The van der Waals surface area contributed by atoms with E-state index in [2.05, 4.69) is 37.9 Å². The van der Waals surface area contributed by atoms with E-state index in [1.807, 2.05) is 0 Å². The lowest BCUT2D eigenvalue weighted by Gasteiger charge is -2.39. The number of likely N-dealkylation sites (tertiary alicyclic amines) is 1. The summed E-state index contributed by atoms with van der Waals surface area (Å²) in [6, 6.07) is 0.549. The van der Waals surface area contributed by atoms with Crippen LogP contribution in [0.15, 0.2) is 0 Å². The molecule has 0 spiro atoms. The van der Waals surface area contributed by atoms with Crippen molar-refractivity contribution in [2.75, 3.05) is 26.2 Å². The number of nitrogens with one attached hydrogen (secondary N) is 1. The normalized spacial score (nSPS) is 25.3. The third-order valence-corrected chi connectivity index (χ3v) is 3.88. The molecule has 1 aliphatic rings. The summed E-state index contributed by atoms with van der Waals surface area (Å²) in [5, 5.41) is 13.3. The highest BCUT2D eigenvalue weighted by Gasteiger charge is 2.28. The molecule has 0 aromatic rings. The van der Waals surface area contributed by atoms with Gasteiger partial charge in [-0.15, -0.1) is 0 Å². The highest BCUT2D eigenvalue weighted by molar-refractivity contribution is 4.84. The second kappa shape index (κ2) is 7.46. The molecule has 3 heteroatoms. The van der Waals surface area contributed by atoms with Gasteiger partial charge in [0.1, 0.15) is 0 Å². The smallest absolute Gasteiger partial charge is 0.0667 e. The van der Waals surface area contributed by atoms with E-state index >= 15 is 0 Å². The molecule has 2 atom stereocenters. The number of hydrogen-bond donors (Lipinski definition) is 2. The fourth-order valence-electron chi connectivity index (χ4n) is 2.99. The minimum absolute atomic E-state index is 0.109. The summed E-state index contributed by atoms with van der Waals surface area (Å²) >= 11 is 0. The van der Waals surface area contributed by atoms with Gasteiger partial charge in [0, 0.05) is 25.7 Å². The summed E-state index contributed by atoms with van der Waals surface area (Å²) in [7, 11) is 0. The van der Waals surface area contributed by atoms with Crippen molar-refractivity contribution in [3.05, 3.63) is 0 Å². The van der Waals surface area contributed by atoms with Gasteiger partial charge in [0.15, 0.2) is 0 Å². The standard InChI is InChI=1S/C15H32N2O/c1-5-8-15(4,11-16-13(2)3)12-17-9-6-7-14(18)10-17/h13-14,16,18H,5-12H2,1-4H3. The van der Waals surface area contributed by atoms with Crippen molar-refractivity contribution in [3.8, 4) is 0 Å². The van der Waals surface area contributed by atoms with Crippen LogP contribution in [0.4, 0.5) is 0 Å². The lowest BCUT2D eigenvalue weighted by atomic mass is 9.84. The molecular formula is C15H32N2O. The Labute approximate surface area is 113 Å². The third-order valence-electron chi connectivity index (χ3n) is 3.88. The largest absolute Gasteiger partial charge is 0.392 e. The van der Waals surface area contributed by atoms with Crippen molar-refractivity contribution in [2.45, 2.75) is 65.5 Å². The number of β-amino-alcohol motifs (C(OH)–C–C–N with tert-alkyl or cyclic N) is 1. The molecule has 2 N–H and O–H groups in total. The molecule has 1 heterocycles. The summed E-state index contributed by atoms with van der Waals surface area (Å²) in [6.45, 7) is 13.3. The van der Waals surface area contributed by atoms with E-state index < -0.39 is 0 Å². The van der Waals surface area contributed by atoms with Gasteiger partial charge in [-0.3, -0.25) is 0 Å². The second-order valence-corrected chi connectivity index (χ2v) is 6.63. The number of rotatable bonds is 7. The molecule has 1 rings (SSSR count). The van der Waals surface area contributed by atoms with E-state index in [1.54, 1.807) is 0 Å². The van der Waals surface area contributed by atoms with Crippen LogP contribution >= 0.6 is 0 Å². The molecule has 0 aliphatic carbocycles. The molecule has 3 nitrogen and oxygen atoms in total. The Morgan fingerprint density at radius 1 is 1.44 bits per heavy atom. The molecule has 1 fully saturated rings. The zero-order valence-corrected chi connectivity index (χ0v) is 12.7. The Morgan fingerprint density at radius 3 is 2.72 bits per heavy atom.